The first-order chi connectivity index (χ1) is 11.3. The van der Waals surface area contributed by atoms with Crippen LogP contribution in [0.15, 0.2) is 25.0 Å². The van der Waals surface area contributed by atoms with Crippen LogP contribution in [0.4, 0.5) is 5.82 Å². The second-order valence-corrected chi connectivity index (χ2v) is 6.06. The van der Waals surface area contributed by atoms with Crippen molar-refractivity contribution in [1.82, 2.24) is 29.6 Å². The van der Waals surface area contributed by atoms with Crippen LogP contribution in [-0.4, -0.2) is 61.7 Å². The van der Waals surface area contributed by atoms with Crippen LogP contribution in [-0.2, 0) is 4.79 Å². The van der Waals surface area contributed by atoms with Crippen LogP contribution < -0.4 is 4.90 Å². The standard InChI is InChI=1S/C15H19N7O/c23-15(20-4-2-1-3-5-20)12-7-21(8-12)13-6-14(18-10-17-13)22-11-16-9-19-22/h6,9-12H,1-5,7-8H2. The van der Waals surface area contributed by atoms with Crippen LogP contribution in [0.5, 0.6) is 0 Å². The lowest BCUT2D eigenvalue weighted by Crippen LogP contribution is -2.55. The molecule has 1 amide bonds. The fourth-order valence-electron chi connectivity index (χ4n) is 3.16. The van der Waals surface area contributed by atoms with E-state index in [2.05, 4.69) is 25.0 Å². The van der Waals surface area contributed by atoms with Gasteiger partial charge in [-0.2, -0.15) is 5.10 Å². The van der Waals surface area contributed by atoms with Crippen molar-refractivity contribution in [2.75, 3.05) is 31.1 Å². The minimum atomic E-state index is 0.0953. The molecule has 120 valence electrons. The van der Waals surface area contributed by atoms with Crippen LogP contribution >= 0.6 is 0 Å². The number of carbonyl (C=O) groups excluding carboxylic acids is 1. The van der Waals surface area contributed by atoms with E-state index in [1.807, 2.05) is 11.0 Å². The molecule has 2 saturated heterocycles. The number of aromatic nitrogens is 5. The Morgan fingerprint density at radius 1 is 1.04 bits per heavy atom. The third kappa shape index (κ3) is 2.76. The van der Waals surface area contributed by atoms with Gasteiger partial charge in [-0.25, -0.2) is 19.6 Å². The van der Waals surface area contributed by atoms with Crippen LogP contribution in [0.1, 0.15) is 19.3 Å². The van der Waals surface area contributed by atoms with E-state index in [1.54, 1.807) is 11.0 Å². The number of hydrogen-bond acceptors (Lipinski definition) is 6. The Morgan fingerprint density at radius 2 is 1.83 bits per heavy atom. The van der Waals surface area contributed by atoms with Gasteiger partial charge in [0.25, 0.3) is 0 Å². The average molecular weight is 313 g/mol. The molecule has 0 radical (unpaired) electrons. The third-order valence-corrected chi connectivity index (χ3v) is 4.51. The highest BCUT2D eigenvalue weighted by atomic mass is 16.2. The Hall–Kier alpha value is -2.51. The van der Waals surface area contributed by atoms with Crippen LogP contribution in [0.2, 0.25) is 0 Å². The summed E-state index contributed by atoms with van der Waals surface area (Å²) in [7, 11) is 0. The van der Waals surface area contributed by atoms with Gasteiger partial charge >= 0.3 is 0 Å². The van der Waals surface area contributed by atoms with E-state index >= 15 is 0 Å². The van der Waals surface area contributed by atoms with E-state index in [0.717, 1.165) is 44.8 Å². The lowest BCUT2D eigenvalue weighted by molar-refractivity contribution is -0.137. The van der Waals surface area contributed by atoms with Crippen LogP contribution in [0.3, 0.4) is 0 Å². The molecule has 2 aromatic rings. The quantitative estimate of drug-likeness (QED) is 0.821. The molecule has 4 heterocycles. The highest BCUT2D eigenvalue weighted by Crippen LogP contribution is 2.25. The van der Waals surface area contributed by atoms with Crippen molar-refractivity contribution in [2.24, 2.45) is 5.92 Å². The third-order valence-electron chi connectivity index (χ3n) is 4.51. The first-order valence-corrected chi connectivity index (χ1v) is 8.02. The number of amides is 1. The van der Waals surface area contributed by atoms with Crippen molar-refractivity contribution in [3.8, 4) is 5.82 Å². The van der Waals surface area contributed by atoms with Gasteiger partial charge in [0.2, 0.25) is 5.91 Å². The topological polar surface area (TPSA) is 80.0 Å². The minimum absolute atomic E-state index is 0.0953. The normalized spacial score (nSPS) is 18.8. The summed E-state index contributed by atoms with van der Waals surface area (Å²) in [6.45, 7) is 3.28. The van der Waals surface area contributed by atoms with E-state index in [-0.39, 0.29) is 5.92 Å². The Kier molecular flexibility index (Phi) is 3.64. The zero-order valence-corrected chi connectivity index (χ0v) is 12.9. The summed E-state index contributed by atoms with van der Waals surface area (Å²) in [6.07, 6.45) is 8.10. The summed E-state index contributed by atoms with van der Waals surface area (Å²) in [5, 5.41) is 4.07. The smallest absolute Gasteiger partial charge is 0.229 e. The second kappa shape index (κ2) is 5.94. The van der Waals surface area contributed by atoms with E-state index < -0.39 is 0 Å². The van der Waals surface area contributed by atoms with Crippen molar-refractivity contribution in [3.05, 3.63) is 25.0 Å². The number of hydrogen-bond donors (Lipinski definition) is 0. The maximum Gasteiger partial charge on any atom is 0.229 e. The fraction of sp³-hybridized carbons (Fsp3) is 0.533. The molecule has 0 atom stereocenters. The van der Waals surface area contributed by atoms with E-state index in [9.17, 15) is 4.79 Å². The molecule has 2 aromatic heterocycles. The van der Waals surface area contributed by atoms with Gasteiger partial charge in [0.1, 0.15) is 24.8 Å². The summed E-state index contributed by atoms with van der Waals surface area (Å²) in [5.41, 5.74) is 0. The number of piperidine rings is 1. The molecule has 2 aliphatic heterocycles. The number of carbonyl (C=O) groups is 1. The first kappa shape index (κ1) is 14.1. The summed E-state index contributed by atoms with van der Waals surface area (Å²) in [5.74, 6) is 1.90. The number of nitrogens with zero attached hydrogens (tertiary/aromatic N) is 7. The minimum Gasteiger partial charge on any atom is -0.355 e. The van der Waals surface area contributed by atoms with Crippen molar-refractivity contribution in [3.63, 3.8) is 0 Å². The van der Waals surface area contributed by atoms with Gasteiger partial charge in [-0.1, -0.05) is 0 Å². The number of anilines is 1. The molecule has 8 nitrogen and oxygen atoms in total. The Morgan fingerprint density at radius 3 is 2.57 bits per heavy atom. The molecule has 0 spiro atoms. The van der Waals surface area contributed by atoms with E-state index in [0.29, 0.717) is 11.7 Å². The molecule has 0 N–H and O–H groups in total. The lowest BCUT2D eigenvalue weighted by atomic mass is 9.97. The van der Waals surface area contributed by atoms with Gasteiger partial charge in [-0.15, -0.1) is 0 Å². The highest BCUT2D eigenvalue weighted by Gasteiger charge is 2.36. The van der Waals surface area contributed by atoms with Gasteiger partial charge in [-0.3, -0.25) is 4.79 Å². The Labute approximate surface area is 134 Å². The first-order valence-electron chi connectivity index (χ1n) is 8.02. The van der Waals surface area contributed by atoms with Gasteiger partial charge in [0, 0.05) is 32.2 Å². The maximum absolute atomic E-state index is 12.5. The average Bonchev–Trinajstić information content (AvgIpc) is 3.09. The molecule has 0 bridgehead atoms. The molecule has 0 unspecified atom stereocenters. The predicted molar refractivity (Wildman–Crippen MR) is 83.1 cm³/mol. The molecule has 8 heteroatoms. The van der Waals surface area contributed by atoms with Crippen molar-refractivity contribution in [1.29, 1.82) is 0 Å². The van der Waals surface area contributed by atoms with E-state index in [4.69, 9.17) is 0 Å². The summed E-state index contributed by atoms with van der Waals surface area (Å²) in [6, 6.07) is 1.87. The van der Waals surface area contributed by atoms with Crippen LogP contribution in [0.25, 0.3) is 5.82 Å². The molecular weight excluding hydrogens is 294 g/mol. The summed E-state index contributed by atoms with van der Waals surface area (Å²) < 4.78 is 1.60. The zero-order valence-electron chi connectivity index (χ0n) is 12.9. The largest absolute Gasteiger partial charge is 0.355 e. The predicted octanol–water partition coefficient (Wildman–Crippen LogP) is 0.506. The molecule has 0 saturated carbocycles. The zero-order chi connectivity index (χ0) is 15.6. The number of rotatable bonds is 3. The van der Waals surface area contributed by atoms with Gasteiger partial charge < -0.3 is 9.80 Å². The van der Waals surface area contributed by atoms with E-state index in [1.165, 1.54) is 19.1 Å². The molecule has 2 aliphatic rings. The fourth-order valence-corrected chi connectivity index (χ4v) is 3.16. The van der Waals surface area contributed by atoms with Crippen LogP contribution in [0, 0.1) is 5.92 Å². The monoisotopic (exact) mass is 313 g/mol. The molecule has 0 aliphatic carbocycles. The van der Waals surface area contributed by atoms with Gasteiger partial charge in [0.05, 0.1) is 5.92 Å². The SMILES string of the molecule is O=C(C1CN(c2cc(-n3cncn3)ncn2)C1)N1CCCCC1. The Balaban J connectivity index is 1.40. The number of likely N-dealkylation sites (tertiary alicyclic amines) is 1. The van der Waals surface area contributed by atoms with Crippen molar-refractivity contribution >= 4 is 11.7 Å². The summed E-state index contributed by atoms with van der Waals surface area (Å²) in [4.78, 5) is 29.0. The second-order valence-electron chi connectivity index (χ2n) is 6.06. The lowest BCUT2D eigenvalue weighted by Gasteiger charge is -2.42. The molecule has 4 rings (SSSR count). The van der Waals surface area contributed by atoms with Crippen molar-refractivity contribution < 1.29 is 4.79 Å². The highest BCUT2D eigenvalue weighted by molar-refractivity contribution is 5.82. The molecule has 0 aromatic carbocycles. The van der Waals surface area contributed by atoms with Gasteiger partial charge in [-0.05, 0) is 19.3 Å². The maximum atomic E-state index is 12.5. The van der Waals surface area contributed by atoms with Gasteiger partial charge in [0.15, 0.2) is 5.82 Å². The molecular formula is C15H19N7O. The molecule has 2 fully saturated rings. The van der Waals surface area contributed by atoms with Crippen molar-refractivity contribution in [2.45, 2.75) is 19.3 Å². The summed E-state index contributed by atoms with van der Waals surface area (Å²) >= 11 is 0. The Bertz CT molecular complexity index is 675. The molecule has 23 heavy (non-hydrogen) atoms.